The molecule has 1 atom stereocenters. The fourth-order valence-electron chi connectivity index (χ4n) is 2.09. The van der Waals surface area contributed by atoms with Gasteiger partial charge in [-0.25, -0.2) is 0 Å². The first-order chi connectivity index (χ1) is 7.66. The van der Waals surface area contributed by atoms with Crippen molar-refractivity contribution >= 4 is 5.91 Å². The van der Waals surface area contributed by atoms with Gasteiger partial charge in [0.1, 0.15) is 0 Å². The third-order valence-corrected chi connectivity index (χ3v) is 3.09. The van der Waals surface area contributed by atoms with Crippen LogP contribution in [0.3, 0.4) is 0 Å². The van der Waals surface area contributed by atoms with Crippen LogP contribution >= 0.6 is 0 Å². The van der Waals surface area contributed by atoms with Crippen LogP contribution < -0.4 is 5.32 Å². The summed E-state index contributed by atoms with van der Waals surface area (Å²) in [5.74, 6) is 0.138. The lowest BCUT2D eigenvalue weighted by Crippen LogP contribution is -2.53. The number of hydrogen-bond acceptors (Lipinski definition) is 2. The monoisotopic (exact) mass is 218 g/mol. The summed E-state index contributed by atoms with van der Waals surface area (Å²) >= 11 is 0. The lowest BCUT2D eigenvalue weighted by molar-refractivity contribution is -0.128. The standard InChI is InChI=1S/C13H18N2O/c1-10-4-3-5-12(8-10)9-15-7-6-14-13(16)11(15)2/h3-5,8,11H,6-7,9H2,1-2H3,(H,14,16). The Bertz CT molecular complexity index is 389. The van der Waals surface area contributed by atoms with Gasteiger partial charge in [0.15, 0.2) is 0 Å². The summed E-state index contributed by atoms with van der Waals surface area (Å²) in [6.45, 7) is 6.60. The normalized spacial score (nSPS) is 21.9. The molecular weight excluding hydrogens is 200 g/mol. The van der Waals surface area contributed by atoms with Crippen molar-refractivity contribution in [2.24, 2.45) is 0 Å². The first-order valence-corrected chi connectivity index (χ1v) is 5.74. The second-order valence-corrected chi connectivity index (χ2v) is 4.43. The molecule has 3 nitrogen and oxygen atoms in total. The molecule has 1 aromatic rings. The van der Waals surface area contributed by atoms with Crippen molar-refractivity contribution in [3.05, 3.63) is 35.4 Å². The van der Waals surface area contributed by atoms with Gasteiger partial charge in [-0.2, -0.15) is 0 Å². The molecule has 1 unspecified atom stereocenters. The fraction of sp³-hybridized carbons (Fsp3) is 0.462. The fourth-order valence-corrected chi connectivity index (χ4v) is 2.09. The maximum Gasteiger partial charge on any atom is 0.237 e. The van der Waals surface area contributed by atoms with Crippen LogP contribution in [0.15, 0.2) is 24.3 Å². The van der Waals surface area contributed by atoms with E-state index < -0.39 is 0 Å². The first kappa shape index (κ1) is 11.1. The number of nitrogens with zero attached hydrogens (tertiary/aromatic N) is 1. The van der Waals surface area contributed by atoms with Crippen molar-refractivity contribution in [3.63, 3.8) is 0 Å². The number of nitrogens with one attached hydrogen (secondary N) is 1. The molecule has 0 bridgehead atoms. The van der Waals surface area contributed by atoms with E-state index in [9.17, 15) is 4.79 Å². The largest absolute Gasteiger partial charge is 0.353 e. The Hall–Kier alpha value is -1.35. The molecule has 0 aromatic heterocycles. The minimum atomic E-state index is -0.0192. The van der Waals surface area contributed by atoms with Gasteiger partial charge in [-0.15, -0.1) is 0 Å². The predicted octanol–water partition coefficient (Wildman–Crippen LogP) is 1.32. The molecule has 86 valence electrons. The molecule has 1 aromatic carbocycles. The Morgan fingerprint density at radius 1 is 1.50 bits per heavy atom. The molecule has 0 radical (unpaired) electrons. The van der Waals surface area contributed by atoms with Crippen molar-refractivity contribution in [2.75, 3.05) is 13.1 Å². The molecule has 3 heteroatoms. The first-order valence-electron chi connectivity index (χ1n) is 5.74. The zero-order chi connectivity index (χ0) is 11.5. The van der Waals surface area contributed by atoms with Gasteiger partial charge in [-0.3, -0.25) is 9.69 Å². The van der Waals surface area contributed by atoms with Gasteiger partial charge >= 0.3 is 0 Å². The molecular formula is C13H18N2O. The SMILES string of the molecule is Cc1cccc(CN2CCNC(=O)C2C)c1. The Balaban J connectivity index is 2.06. The summed E-state index contributed by atoms with van der Waals surface area (Å²) in [7, 11) is 0. The number of benzene rings is 1. The smallest absolute Gasteiger partial charge is 0.237 e. The minimum Gasteiger partial charge on any atom is -0.353 e. The topological polar surface area (TPSA) is 32.3 Å². The number of aryl methyl sites for hydroxylation is 1. The van der Waals surface area contributed by atoms with Gasteiger partial charge in [-0.05, 0) is 19.4 Å². The summed E-state index contributed by atoms with van der Waals surface area (Å²) in [5, 5.41) is 2.88. The molecule has 1 aliphatic heterocycles. The average Bonchev–Trinajstić information content (AvgIpc) is 2.25. The highest BCUT2D eigenvalue weighted by atomic mass is 16.2. The van der Waals surface area contributed by atoms with E-state index in [0.717, 1.165) is 19.6 Å². The molecule has 1 heterocycles. The van der Waals surface area contributed by atoms with Crippen LogP contribution in [0.2, 0.25) is 0 Å². The Labute approximate surface area is 96.5 Å². The van der Waals surface area contributed by atoms with Gasteiger partial charge in [0, 0.05) is 19.6 Å². The van der Waals surface area contributed by atoms with Gasteiger partial charge < -0.3 is 5.32 Å². The third-order valence-electron chi connectivity index (χ3n) is 3.09. The summed E-state index contributed by atoms with van der Waals surface area (Å²) in [6, 6.07) is 8.44. The predicted molar refractivity (Wildman–Crippen MR) is 64.1 cm³/mol. The highest BCUT2D eigenvalue weighted by Crippen LogP contribution is 2.11. The summed E-state index contributed by atoms with van der Waals surface area (Å²) in [4.78, 5) is 13.7. The van der Waals surface area contributed by atoms with Crippen LogP contribution in [0.4, 0.5) is 0 Å². The lowest BCUT2D eigenvalue weighted by Gasteiger charge is -2.32. The maximum absolute atomic E-state index is 11.5. The summed E-state index contributed by atoms with van der Waals surface area (Å²) < 4.78 is 0. The van der Waals surface area contributed by atoms with E-state index in [-0.39, 0.29) is 11.9 Å². The van der Waals surface area contributed by atoms with E-state index >= 15 is 0 Å². The molecule has 1 N–H and O–H groups in total. The van der Waals surface area contributed by atoms with Crippen LogP contribution in [-0.4, -0.2) is 29.9 Å². The Kier molecular flexibility index (Phi) is 3.25. The molecule has 16 heavy (non-hydrogen) atoms. The van der Waals surface area contributed by atoms with Crippen LogP contribution in [-0.2, 0) is 11.3 Å². The van der Waals surface area contributed by atoms with E-state index in [0.29, 0.717) is 0 Å². The molecule has 2 rings (SSSR count). The number of amides is 1. The summed E-state index contributed by atoms with van der Waals surface area (Å²) in [5.41, 5.74) is 2.55. The van der Waals surface area contributed by atoms with Crippen molar-refractivity contribution < 1.29 is 4.79 Å². The molecule has 1 saturated heterocycles. The molecule has 0 aliphatic carbocycles. The van der Waals surface area contributed by atoms with Crippen LogP contribution in [0.25, 0.3) is 0 Å². The van der Waals surface area contributed by atoms with Crippen molar-refractivity contribution in [2.45, 2.75) is 26.4 Å². The molecule has 0 spiro atoms. The van der Waals surface area contributed by atoms with E-state index in [1.54, 1.807) is 0 Å². The highest BCUT2D eigenvalue weighted by Gasteiger charge is 2.24. The number of rotatable bonds is 2. The Morgan fingerprint density at radius 2 is 2.31 bits per heavy atom. The number of piperazine rings is 1. The van der Waals surface area contributed by atoms with Gasteiger partial charge in [-0.1, -0.05) is 29.8 Å². The van der Waals surface area contributed by atoms with Crippen molar-refractivity contribution in [1.82, 2.24) is 10.2 Å². The van der Waals surface area contributed by atoms with E-state index in [2.05, 4.69) is 41.4 Å². The minimum absolute atomic E-state index is 0.0192. The number of carbonyl (C=O) groups is 1. The van der Waals surface area contributed by atoms with Crippen LogP contribution in [0, 0.1) is 6.92 Å². The number of hydrogen-bond donors (Lipinski definition) is 1. The number of carbonyl (C=O) groups excluding carboxylic acids is 1. The van der Waals surface area contributed by atoms with E-state index in [1.165, 1.54) is 11.1 Å². The van der Waals surface area contributed by atoms with Crippen molar-refractivity contribution in [3.8, 4) is 0 Å². The lowest BCUT2D eigenvalue weighted by atomic mass is 10.1. The summed E-state index contributed by atoms with van der Waals surface area (Å²) in [6.07, 6.45) is 0. The molecule has 1 fully saturated rings. The second-order valence-electron chi connectivity index (χ2n) is 4.43. The maximum atomic E-state index is 11.5. The van der Waals surface area contributed by atoms with Crippen LogP contribution in [0.1, 0.15) is 18.1 Å². The van der Waals surface area contributed by atoms with Gasteiger partial charge in [0.25, 0.3) is 0 Å². The van der Waals surface area contributed by atoms with Crippen molar-refractivity contribution in [1.29, 1.82) is 0 Å². The van der Waals surface area contributed by atoms with E-state index in [4.69, 9.17) is 0 Å². The third kappa shape index (κ3) is 2.42. The zero-order valence-corrected chi connectivity index (χ0v) is 9.86. The quantitative estimate of drug-likeness (QED) is 0.812. The average molecular weight is 218 g/mol. The Morgan fingerprint density at radius 3 is 3.06 bits per heavy atom. The van der Waals surface area contributed by atoms with E-state index in [1.807, 2.05) is 6.92 Å². The molecule has 1 amide bonds. The molecule has 0 saturated carbocycles. The highest BCUT2D eigenvalue weighted by molar-refractivity contribution is 5.81. The van der Waals surface area contributed by atoms with Gasteiger partial charge in [0.05, 0.1) is 6.04 Å². The van der Waals surface area contributed by atoms with Gasteiger partial charge in [0.2, 0.25) is 5.91 Å². The second kappa shape index (κ2) is 4.66. The van der Waals surface area contributed by atoms with Crippen LogP contribution in [0.5, 0.6) is 0 Å². The molecule has 1 aliphatic rings. The zero-order valence-electron chi connectivity index (χ0n) is 9.86.